The Morgan fingerprint density at radius 3 is 2.35 bits per heavy atom. The van der Waals surface area contributed by atoms with Gasteiger partial charge in [0, 0.05) is 13.1 Å². The van der Waals surface area contributed by atoms with E-state index in [9.17, 15) is 5.11 Å². The lowest BCUT2D eigenvalue weighted by Crippen LogP contribution is -2.48. The molecule has 0 saturated carbocycles. The summed E-state index contributed by atoms with van der Waals surface area (Å²) in [6, 6.07) is 9.82. The van der Waals surface area contributed by atoms with Crippen molar-refractivity contribution in [1.82, 2.24) is 4.90 Å². The van der Waals surface area contributed by atoms with Crippen LogP contribution in [-0.2, 0) is 5.60 Å². The second-order valence-electron chi connectivity index (χ2n) is 6.46. The predicted molar refractivity (Wildman–Crippen MR) is 83.4 cm³/mol. The Labute approximate surface area is 122 Å². The van der Waals surface area contributed by atoms with Gasteiger partial charge in [0.15, 0.2) is 0 Å². The summed E-state index contributed by atoms with van der Waals surface area (Å²) in [4.78, 5) is 2.36. The molecular weight excluding hydrogens is 248 g/mol. The molecule has 3 N–H and O–H groups in total. The van der Waals surface area contributed by atoms with E-state index in [2.05, 4.69) is 18.7 Å². The van der Waals surface area contributed by atoms with Gasteiger partial charge in [-0.25, -0.2) is 0 Å². The second kappa shape index (κ2) is 6.70. The highest BCUT2D eigenvalue weighted by atomic mass is 16.3. The van der Waals surface area contributed by atoms with Crippen molar-refractivity contribution in [3.8, 4) is 0 Å². The van der Waals surface area contributed by atoms with Crippen molar-refractivity contribution in [3.63, 3.8) is 0 Å². The van der Waals surface area contributed by atoms with Gasteiger partial charge >= 0.3 is 0 Å². The van der Waals surface area contributed by atoms with Crippen molar-refractivity contribution in [1.29, 1.82) is 0 Å². The van der Waals surface area contributed by atoms with Crippen molar-refractivity contribution >= 4 is 0 Å². The summed E-state index contributed by atoms with van der Waals surface area (Å²) >= 11 is 0. The molecule has 1 fully saturated rings. The molecule has 1 heterocycles. The lowest BCUT2D eigenvalue weighted by atomic mass is 9.85. The number of likely N-dealkylation sites (tertiary alicyclic amines) is 1. The standard InChI is InChI=1S/C17H28N2O/c1-14(2)15-8-10-19(11-9-15)13-17(20,12-18)16-6-4-3-5-7-16/h3-7,14-15,20H,8-13,18H2,1-2H3. The van der Waals surface area contributed by atoms with Gasteiger partial charge in [-0.15, -0.1) is 0 Å². The average molecular weight is 276 g/mol. The molecule has 3 heteroatoms. The topological polar surface area (TPSA) is 49.5 Å². The normalized spacial score (nSPS) is 21.1. The summed E-state index contributed by atoms with van der Waals surface area (Å²) in [5.74, 6) is 1.59. The van der Waals surface area contributed by atoms with Crippen LogP contribution >= 0.6 is 0 Å². The van der Waals surface area contributed by atoms with Crippen LogP contribution in [0.25, 0.3) is 0 Å². The minimum atomic E-state index is -0.925. The van der Waals surface area contributed by atoms with Crippen LogP contribution in [0.1, 0.15) is 32.3 Å². The molecule has 0 bridgehead atoms. The number of hydrogen-bond donors (Lipinski definition) is 2. The molecule has 3 nitrogen and oxygen atoms in total. The molecule has 1 saturated heterocycles. The Balaban J connectivity index is 1.98. The first-order chi connectivity index (χ1) is 9.55. The van der Waals surface area contributed by atoms with E-state index in [1.165, 1.54) is 12.8 Å². The molecule has 2 rings (SSSR count). The van der Waals surface area contributed by atoms with E-state index in [-0.39, 0.29) is 6.54 Å². The van der Waals surface area contributed by atoms with E-state index in [4.69, 9.17) is 5.73 Å². The minimum Gasteiger partial charge on any atom is -0.382 e. The average Bonchev–Trinajstić information content (AvgIpc) is 2.48. The van der Waals surface area contributed by atoms with E-state index in [1.54, 1.807) is 0 Å². The maximum absolute atomic E-state index is 10.9. The van der Waals surface area contributed by atoms with Crippen LogP contribution in [0.15, 0.2) is 30.3 Å². The van der Waals surface area contributed by atoms with E-state index < -0.39 is 5.60 Å². The lowest BCUT2D eigenvalue weighted by Gasteiger charge is -2.39. The summed E-state index contributed by atoms with van der Waals surface area (Å²) in [5, 5.41) is 10.9. The number of rotatable bonds is 5. The zero-order chi connectivity index (χ0) is 14.6. The molecule has 1 aromatic carbocycles. The van der Waals surface area contributed by atoms with Crippen molar-refractivity contribution in [2.75, 3.05) is 26.2 Å². The largest absolute Gasteiger partial charge is 0.382 e. The first kappa shape index (κ1) is 15.5. The zero-order valence-corrected chi connectivity index (χ0v) is 12.8. The van der Waals surface area contributed by atoms with Crippen LogP contribution in [0, 0.1) is 11.8 Å². The van der Waals surface area contributed by atoms with Gasteiger partial charge in [0.2, 0.25) is 0 Å². The summed E-state index contributed by atoms with van der Waals surface area (Å²) < 4.78 is 0. The molecule has 0 aromatic heterocycles. The molecule has 1 unspecified atom stereocenters. The molecule has 20 heavy (non-hydrogen) atoms. The van der Waals surface area contributed by atoms with E-state index in [0.29, 0.717) is 6.54 Å². The highest BCUT2D eigenvalue weighted by molar-refractivity contribution is 5.23. The van der Waals surface area contributed by atoms with Gasteiger partial charge in [-0.2, -0.15) is 0 Å². The quantitative estimate of drug-likeness (QED) is 0.867. The van der Waals surface area contributed by atoms with Gasteiger partial charge in [-0.1, -0.05) is 44.2 Å². The van der Waals surface area contributed by atoms with Crippen molar-refractivity contribution in [3.05, 3.63) is 35.9 Å². The number of piperidine rings is 1. The number of benzene rings is 1. The van der Waals surface area contributed by atoms with Crippen LogP contribution in [0.3, 0.4) is 0 Å². The Kier molecular flexibility index (Phi) is 5.19. The van der Waals surface area contributed by atoms with Gasteiger partial charge in [-0.05, 0) is 43.3 Å². The van der Waals surface area contributed by atoms with Gasteiger partial charge in [0.1, 0.15) is 5.60 Å². The van der Waals surface area contributed by atoms with Gasteiger partial charge < -0.3 is 15.7 Å². The number of nitrogens with two attached hydrogens (primary N) is 1. The van der Waals surface area contributed by atoms with Gasteiger partial charge in [0.25, 0.3) is 0 Å². The molecule has 112 valence electrons. The maximum Gasteiger partial charge on any atom is 0.114 e. The molecule has 1 aliphatic rings. The van der Waals surface area contributed by atoms with Crippen LogP contribution in [0.5, 0.6) is 0 Å². The van der Waals surface area contributed by atoms with Crippen molar-refractivity contribution < 1.29 is 5.11 Å². The first-order valence-corrected chi connectivity index (χ1v) is 7.75. The fraction of sp³-hybridized carbons (Fsp3) is 0.647. The first-order valence-electron chi connectivity index (χ1n) is 7.75. The van der Waals surface area contributed by atoms with Crippen LogP contribution in [0.2, 0.25) is 0 Å². The fourth-order valence-corrected chi connectivity index (χ4v) is 3.17. The van der Waals surface area contributed by atoms with Crippen LogP contribution < -0.4 is 5.73 Å². The predicted octanol–water partition coefficient (Wildman–Crippen LogP) is 2.20. The molecule has 1 atom stereocenters. The van der Waals surface area contributed by atoms with Crippen LogP contribution in [0.4, 0.5) is 0 Å². The Morgan fingerprint density at radius 1 is 1.25 bits per heavy atom. The molecule has 1 aromatic rings. The SMILES string of the molecule is CC(C)C1CCN(CC(O)(CN)c2ccccc2)CC1. The number of hydrogen-bond acceptors (Lipinski definition) is 3. The summed E-state index contributed by atoms with van der Waals surface area (Å²) in [7, 11) is 0. The number of aliphatic hydroxyl groups is 1. The Bertz CT molecular complexity index is 399. The molecule has 0 amide bonds. The summed E-state index contributed by atoms with van der Waals surface area (Å²) in [6.45, 7) is 7.65. The molecule has 0 radical (unpaired) electrons. The summed E-state index contributed by atoms with van der Waals surface area (Å²) in [6.07, 6.45) is 2.46. The van der Waals surface area contributed by atoms with E-state index in [1.807, 2.05) is 30.3 Å². The minimum absolute atomic E-state index is 0.265. The molecule has 1 aliphatic heterocycles. The lowest BCUT2D eigenvalue weighted by molar-refractivity contribution is -0.00462. The number of nitrogens with zero attached hydrogens (tertiary/aromatic N) is 1. The van der Waals surface area contributed by atoms with Crippen LogP contribution in [-0.4, -0.2) is 36.2 Å². The summed E-state index contributed by atoms with van der Waals surface area (Å²) in [5.41, 5.74) is 5.85. The highest BCUT2D eigenvalue weighted by Gasteiger charge is 2.32. The molecule has 0 aliphatic carbocycles. The van der Waals surface area contributed by atoms with Crippen molar-refractivity contribution in [2.45, 2.75) is 32.3 Å². The Morgan fingerprint density at radius 2 is 1.85 bits per heavy atom. The molecule has 0 spiro atoms. The second-order valence-corrected chi connectivity index (χ2v) is 6.46. The fourth-order valence-electron chi connectivity index (χ4n) is 3.17. The van der Waals surface area contributed by atoms with E-state index in [0.717, 1.165) is 30.5 Å². The van der Waals surface area contributed by atoms with E-state index >= 15 is 0 Å². The van der Waals surface area contributed by atoms with Gasteiger partial charge in [0.05, 0.1) is 0 Å². The highest BCUT2D eigenvalue weighted by Crippen LogP contribution is 2.27. The molecular formula is C17H28N2O. The monoisotopic (exact) mass is 276 g/mol. The maximum atomic E-state index is 10.9. The third kappa shape index (κ3) is 3.60. The van der Waals surface area contributed by atoms with Crippen molar-refractivity contribution in [2.24, 2.45) is 17.6 Å². The van der Waals surface area contributed by atoms with Gasteiger partial charge in [-0.3, -0.25) is 0 Å². The third-order valence-electron chi connectivity index (χ3n) is 4.71. The number of β-amino-alcohol motifs (C(OH)–C–C–N with tert-alkyl or cyclic N) is 1. The third-order valence-corrected chi connectivity index (χ3v) is 4.71. The Hall–Kier alpha value is -0.900. The smallest absolute Gasteiger partial charge is 0.114 e. The zero-order valence-electron chi connectivity index (χ0n) is 12.8.